The van der Waals surface area contributed by atoms with Gasteiger partial charge in [-0.25, -0.2) is 9.78 Å². The van der Waals surface area contributed by atoms with Gasteiger partial charge in [0.2, 0.25) is 0 Å². The van der Waals surface area contributed by atoms with Gasteiger partial charge in [0.1, 0.15) is 5.82 Å². The normalized spacial score (nSPS) is 14.6. The minimum atomic E-state index is -0.879. The van der Waals surface area contributed by atoms with E-state index >= 15 is 0 Å². The van der Waals surface area contributed by atoms with Gasteiger partial charge in [0, 0.05) is 18.8 Å². The highest BCUT2D eigenvalue weighted by Gasteiger charge is 2.24. The quantitative estimate of drug-likeness (QED) is 0.840. The summed E-state index contributed by atoms with van der Waals surface area (Å²) < 4.78 is 0. The lowest BCUT2D eigenvalue weighted by Crippen LogP contribution is -2.26. The van der Waals surface area contributed by atoms with Crippen LogP contribution in [0.3, 0.4) is 0 Å². The Morgan fingerprint density at radius 1 is 1.44 bits per heavy atom. The van der Waals surface area contributed by atoms with Crippen molar-refractivity contribution in [2.24, 2.45) is 5.92 Å². The Bertz CT molecular complexity index is 441. The number of carboxylic acids is 1. The first-order valence-corrected chi connectivity index (χ1v) is 6.63. The average Bonchev–Trinajstić information content (AvgIpc) is 3.19. The molecular formula is C14H20N2O2. The van der Waals surface area contributed by atoms with Crippen LogP contribution in [-0.2, 0) is 6.42 Å². The molecule has 0 aliphatic heterocycles. The van der Waals surface area contributed by atoms with Gasteiger partial charge in [-0.1, -0.05) is 6.92 Å². The van der Waals surface area contributed by atoms with E-state index in [4.69, 9.17) is 5.11 Å². The third kappa shape index (κ3) is 3.00. The summed E-state index contributed by atoms with van der Waals surface area (Å²) in [6.07, 6.45) is 3.33. The number of hydrogen-bond donors (Lipinski definition) is 1. The van der Waals surface area contributed by atoms with Crippen molar-refractivity contribution in [3.05, 3.63) is 23.4 Å². The molecule has 0 amide bonds. The molecule has 1 saturated carbocycles. The number of anilines is 1. The van der Waals surface area contributed by atoms with Gasteiger partial charge in [-0.05, 0) is 44.2 Å². The molecule has 1 heterocycles. The first kappa shape index (κ1) is 12.9. The van der Waals surface area contributed by atoms with Crippen molar-refractivity contribution >= 4 is 11.8 Å². The molecule has 0 atom stereocenters. The first-order chi connectivity index (χ1) is 8.63. The maximum atomic E-state index is 11.1. The minimum absolute atomic E-state index is 0.339. The first-order valence-electron chi connectivity index (χ1n) is 6.63. The maximum Gasteiger partial charge on any atom is 0.335 e. The Morgan fingerprint density at radius 2 is 2.17 bits per heavy atom. The van der Waals surface area contributed by atoms with E-state index in [9.17, 15) is 4.79 Å². The number of carbonyl (C=O) groups is 1. The molecule has 4 nitrogen and oxygen atoms in total. The standard InChI is InChI=1S/C14H20N2O2/c1-3-12-7-11(14(17)18)8-13(15-12)16(4-2)9-10-5-6-10/h7-8,10H,3-6,9H2,1-2H3,(H,17,18). The van der Waals surface area contributed by atoms with Gasteiger partial charge in [0.25, 0.3) is 0 Å². The number of aromatic carboxylic acids is 1. The van der Waals surface area contributed by atoms with E-state index in [1.54, 1.807) is 12.1 Å². The van der Waals surface area contributed by atoms with E-state index in [-0.39, 0.29) is 0 Å². The summed E-state index contributed by atoms with van der Waals surface area (Å²) in [7, 11) is 0. The lowest BCUT2D eigenvalue weighted by atomic mass is 10.2. The fourth-order valence-electron chi connectivity index (χ4n) is 2.04. The van der Waals surface area contributed by atoms with Crippen LogP contribution < -0.4 is 4.90 Å². The number of aromatic nitrogens is 1. The van der Waals surface area contributed by atoms with Crippen molar-refractivity contribution in [1.29, 1.82) is 0 Å². The zero-order chi connectivity index (χ0) is 13.1. The monoisotopic (exact) mass is 248 g/mol. The number of nitrogens with zero attached hydrogens (tertiary/aromatic N) is 2. The zero-order valence-electron chi connectivity index (χ0n) is 11.0. The van der Waals surface area contributed by atoms with Crippen molar-refractivity contribution in [3.8, 4) is 0 Å². The molecule has 2 rings (SSSR count). The fraction of sp³-hybridized carbons (Fsp3) is 0.571. The van der Waals surface area contributed by atoms with Gasteiger partial charge in [0.05, 0.1) is 5.56 Å². The van der Waals surface area contributed by atoms with E-state index in [1.807, 2.05) is 6.92 Å². The molecule has 98 valence electrons. The van der Waals surface area contributed by atoms with Crippen LogP contribution >= 0.6 is 0 Å². The second-order valence-electron chi connectivity index (χ2n) is 4.85. The third-order valence-electron chi connectivity index (χ3n) is 3.36. The van der Waals surface area contributed by atoms with E-state index in [1.165, 1.54) is 12.8 Å². The molecule has 0 radical (unpaired) electrons. The molecule has 1 aliphatic rings. The number of hydrogen-bond acceptors (Lipinski definition) is 3. The fourth-order valence-corrected chi connectivity index (χ4v) is 2.04. The molecule has 1 aromatic heterocycles. The Kier molecular flexibility index (Phi) is 3.84. The average molecular weight is 248 g/mol. The zero-order valence-corrected chi connectivity index (χ0v) is 11.0. The number of carboxylic acid groups (broad SMARTS) is 1. The molecule has 0 aromatic carbocycles. The van der Waals surface area contributed by atoms with Crippen LogP contribution in [0.2, 0.25) is 0 Å². The second-order valence-corrected chi connectivity index (χ2v) is 4.85. The molecule has 1 aliphatic carbocycles. The van der Waals surface area contributed by atoms with Gasteiger partial charge in [-0.15, -0.1) is 0 Å². The highest BCUT2D eigenvalue weighted by atomic mass is 16.4. The summed E-state index contributed by atoms with van der Waals surface area (Å²) in [6, 6.07) is 3.35. The lowest BCUT2D eigenvalue weighted by Gasteiger charge is -2.22. The Morgan fingerprint density at radius 3 is 2.67 bits per heavy atom. The van der Waals surface area contributed by atoms with Crippen molar-refractivity contribution < 1.29 is 9.90 Å². The van der Waals surface area contributed by atoms with Gasteiger partial charge in [-0.2, -0.15) is 0 Å². The predicted octanol–water partition coefficient (Wildman–Crippen LogP) is 2.58. The van der Waals surface area contributed by atoms with E-state index in [0.29, 0.717) is 5.56 Å². The van der Waals surface area contributed by atoms with E-state index in [2.05, 4.69) is 16.8 Å². The molecule has 4 heteroatoms. The summed E-state index contributed by atoms with van der Waals surface area (Å²) in [5.74, 6) is 0.697. The highest BCUT2D eigenvalue weighted by molar-refractivity contribution is 5.88. The largest absolute Gasteiger partial charge is 0.478 e. The topological polar surface area (TPSA) is 53.4 Å². The van der Waals surface area contributed by atoms with Crippen LogP contribution in [-0.4, -0.2) is 29.1 Å². The molecule has 0 saturated heterocycles. The van der Waals surface area contributed by atoms with Crippen molar-refractivity contribution in [2.45, 2.75) is 33.1 Å². The molecule has 18 heavy (non-hydrogen) atoms. The summed E-state index contributed by atoms with van der Waals surface area (Å²) in [5.41, 5.74) is 1.19. The molecular weight excluding hydrogens is 228 g/mol. The van der Waals surface area contributed by atoms with Gasteiger partial charge < -0.3 is 10.0 Å². The van der Waals surface area contributed by atoms with Crippen LogP contribution in [0.5, 0.6) is 0 Å². The number of aryl methyl sites for hydroxylation is 1. The summed E-state index contributed by atoms with van der Waals surface area (Å²) in [4.78, 5) is 17.9. The molecule has 0 unspecified atom stereocenters. The maximum absolute atomic E-state index is 11.1. The molecule has 0 spiro atoms. The van der Waals surface area contributed by atoms with Crippen molar-refractivity contribution in [3.63, 3.8) is 0 Å². The lowest BCUT2D eigenvalue weighted by molar-refractivity contribution is 0.0696. The van der Waals surface area contributed by atoms with Crippen LogP contribution in [0.4, 0.5) is 5.82 Å². The summed E-state index contributed by atoms with van der Waals surface area (Å²) in [6.45, 7) is 5.95. The molecule has 1 N–H and O–H groups in total. The van der Waals surface area contributed by atoms with Crippen LogP contribution in [0.25, 0.3) is 0 Å². The number of rotatable bonds is 6. The van der Waals surface area contributed by atoms with E-state index < -0.39 is 5.97 Å². The summed E-state index contributed by atoms with van der Waals surface area (Å²) >= 11 is 0. The Balaban J connectivity index is 2.28. The van der Waals surface area contributed by atoms with Crippen LogP contribution in [0.1, 0.15) is 42.7 Å². The van der Waals surface area contributed by atoms with Crippen LogP contribution in [0.15, 0.2) is 12.1 Å². The Labute approximate surface area is 108 Å². The molecule has 1 aromatic rings. The summed E-state index contributed by atoms with van der Waals surface area (Å²) in [5, 5.41) is 9.13. The van der Waals surface area contributed by atoms with Crippen LogP contribution in [0, 0.1) is 5.92 Å². The number of pyridine rings is 1. The molecule has 0 bridgehead atoms. The van der Waals surface area contributed by atoms with E-state index in [0.717, 1.165) is 36.9 Å². The third-order valence-corrected chi connectivity index (χ3v) is 3.36. The highest BCUT2D eigenvalue weighted by Crippen LogP contribution is 2.31. The molecule has 1 fully saturated rings. The van der Waals surface area contributed by atoms with Gasteiger partial charge in [-0.3, -0.25) is 0 Å². The van der Waals surface area contributed by atoms with Gasteiger partial charge in [0.15, 0.2) is 0 Å². The predicted molar refractivity (Wildman–Crippen MR) is 71.2 cm³/mol. The minimum Gasteiger partial charge on any atom is -0.478 e. The smallest absolute Gasteiger partial charge is 0.335 e. The van der Waals surface area contributed by atoms with Gasteiger partial charge >= 0.3 is 5.97 Å². The Hall–Kier alpha value is -1.58. The van der Waals surface area contributed by atoms with Crippen molar-refractivity contribution in [1.82, 2.24) is 4.98 Å². The van der Waals surface area contributed by atoms with Crippen molar-refractivity contribution in [2.75, 3.05) is 18.0 Å². The SMILES string of the molecule is CCc1cc(C(=O)O)cc(N(CC)CC2CC2)n1. The second kappa shape index (κ2) is 5.38.